The summed E-state index contributed by atoms with van der Waals surface area (Å²) >= 11 is 1.68. The van der Waals surface area contributed by atoms with Crippen LogP contribution in [-0.2, 0) is 4.79 Å². The van der Waals surface area contributed by atoms with Crippen LogP contribution in [0.15, 0.2) is 53.3 Å². The van der Waals surface area contributed by atoms with Crippen molar-refractivity contribution in [1.82, 2.24) is 14.8 Å². The quantitative estimate of drug-likeness (QED) is 0.707. The molecular formula is C20H18N4O3S. The number of phenols is 1. The summed E-state index contributed by atoms with van der Waals surface area (Å²) in [5, 5.41) is 19.9. The number of ketones is 1. The summed E-state index contributed by atoms with van der Waals surface area (Å²) in [7, 11) is 1.50. The number of aromatic hydroxyl groups is 1. The first-order valence-corrected chi connectivity index (χ1v) is 9.86. The standard InChI is InChI=1S/C20H18N4O3S/c1-27-16-5-4-11(8-14(16)25)19-18-13(23-20-21-10-22-24(19)20)7-12(9-15(18)26)17-3-2-6-28-17/h2-6,8,10,12,19,25H,7,9H2,1H3,(H,21,22,23)/t12-,19+/m0/s1. The number of nitrogens with one attached hydrogen (secondary N) is 1. The second-order valence-electron chi connectivity index (χ2n) is 6.92. The zero-order chi connectivity index (χ0) is 19.3. The van der Waals surface area contributed by atoms with Crippen LogP contribution in [0.5, 0.6) is 11.5 Å². The number of ether oxygens (including phenoxy) is 1. The maximum atomic E-state index is 13.2. The lowest BCUT2D eigenvalue weighted by Crippen LogP contribution is -2.33. The molecule has 1 aliphatic carbocycles. The molecule has 5 rings (SSSR count). The van der Waals surface area contributed by atoms with E-state index < -0.39 is 6.04 Å². The fraction of sp³-hybridized carbons (Fsp3) is 0.250. The number of thiophene rings is 1. The molecule has 142 valence electrons. The van der Waals surface area contributed by atoms with Gasteiger partial charge in [0.15, 0.2) is 17.3 Å². The SMILES string of the molecule is COc1ccc([C@@H]2C3=C(C[C@H](c4cccs4)CC3=O)Nc3ncnn32)cc1O. The van der Waals surface area contributed by atoms with Crippen LogP contribution in [0, 0.1) is 0 Å². The van der Waals surface area contributed by atoms with Crippen molar-refractivity contribution >= 4 is 23.1 Å². The van der Waals surface area contributed by atoms with Gasteiger partial charge in [-0.2, -0.15) is 10.1 Å². The largest absolute Gasteiger partial charge is 0.504 e. The summed E-state index contributed by atoms with van der Waals surface area (Å²) in [6.07, 6.45) is 2.68. The minimum atomic E-state index is -0.428. The summed E-state index contributed by atoms with van der Waals surface area (Å²) < 4.78 is 6.85. The lowest BCUT2D eigenvalue weighted by atomic mass is 9.80. The summed E-state index contributed by atoms with van der Waals surface area (Å²) in [5.41, 5.74) is 2.34. The molecule has 3 heterocycles. The number of carbonyl (C=O) groups is 1. The Bertz CT molecular complexity index is 1090. The maximum absolute atomic E-state index is 13.2. The van der Waals surface area contributed by atoms with Crippen molar-refractivity contribution in [3.8, 4) is 11.5 Å². The molecule has 0 radical (unpaired) electrons. The van der Waals surface area contributed by atoms with E-state index >= 15 is 0 Å². The third-order valence-corrected chi connectivity index (χ3v) is 6.36. The highest BCUT2D eigenvalue weighted by Gasteiger charge is 2.39. The molecule has 3 aromatic rings. The van der Waals surface area contributed by atoms with Crippen molar-refractivity contribution in [2.45, 2.75) is 24.8 Å². The second-order valence-corrected chi connectivity index (χ2v) is 7.90. The number of nitrogens with zero attached hydrogens (tertiary/aromatic N) is 3. The van der Waals surface area contributed by atoms with E-state index in [1.54, 1.807) is 28.2 Å². The Hall–Kier alpha value is -3.13. The average molecular weight is 394 g/mol. The van der Waals surface area contributed by atoms with Crippen molar-refractivity contribution in [2.24, 2.45) is 0 Å². The summed E-state index contributed by atoms with van der Waals surface area (Å²) in [5.74, 6) is 1.27. The number of hydrogen-bond donors (Lipinski definition) is 2. The van der Waals surface area contributed by atoms with Crippen molar-refractivity contribution in [1.29, 1.82) is 0 Å². The molecule has 0 fully saturated rings. The molecule has 2 aliphatic rings. The third-order valence-electron chi connectivity index (χ3n) is 5.33. The molecule has 2 aromatic heterocycles. The number of rotatable bonds is 3. The summed E-state index contributed by atoms with van der Waals surface area (Å²) in [6.45, 7) is 0. The van der Waals surface area contributed by atoms with Gasteiger partial charge in [0.05, 0.1) is 7.11 Å². The Kier molecular flexibility index (Phi) is 3.94. The fourth-order valence-corrected chi connectivity index (χ4v) is 4.89. The van der Waals surface area contributed by atoms with Crippen LogP contribution in [0.25, 0.3) is 0 Å². The minimum absolute atomic E-state index is 0.0297. The highest BCUT2D eigenvalue weighted by molar-refractivity contribution is 7.10. The first-order chi connectivity index (χ1) is 13.7. The molecule has 0 spiro atoms. The Morgan fingerprint density at radius 3 is 2.96 bits per heavy atom. The fourth-order valence-electron chi connectivity index (χ4n) is 4.06. The zero-order valence-electron chi connectivity index (χ0n) is 15.1. The van der Waals surface area contributed by atoms with Crippen LogP contribution in [0.4, 0.5) is 5.95 Å². The van der Waals surface area contributed by atoms with Gasteiger partial charge in [0, 0.05) is 28.5 Å². The molecule has 0 amide bonds. The topological polar surface area (TPSA) is 89.3 Å². The molecule has 1 aromatic carbocycles. The van der Waals surface area contributed by atoms with Gasteiger partial charge in [-0.25, -0.2) is 4.68 Å². The van der Waals surface area contributed by atoms with Gasteiger partial charge in [0.1, 0.15) is 12.4 Å². The number of aromatic nitrogens is 3. The van der Waals surface area contributed by atoms with Crippen molar-refractivity contribution in [3.05, 3.63) is 63.7 Å². The highest BCUT2D eigenvalue weighted by atomic mass is 32.1. The van der Waals surface area contributed by atoms with Gasteiger partial charge in [-0.15, -0.1) is 11.3 Å². The number of carbonyl (C=O) groups excluding carboxylic acids is 1. The van der Waals surface area contributed by atoms with Crippen LogP contribution in [0.2, 0.25) is 0 Å². The van der Waals surface area contributed by atoms with Gasteiger partial charge in [-0.1, -0.05) is 12.1 Å². The molecule has 0 unspecified atom stereocenters. The Labute approximate surface area is 165 Å². The molecule has 0 saturated heterocycles. The van der Waals surface area contributed by atoms with Crippen LogP contribution in [-0.4, -0.2) is 32.8 Å². The van der Waals surface area contributed by atoms with Crippen LogP contribution in [0.3, 0.4) is 0 Å². The van der Waals surface area contributed by atoms with Gasteiger partial charge in [-0.3, -0.25) is 4.79 Å². The number of allylic oxidation sites excluding steroid dienone is 2. The van der Waals surface area contributed by atoms with Crippen LogP contribution < -0.4 is 10.1 Å². The predicted molar refractivity (Wildman–Crippen MR) is 105 cm³/mol. The van der Waals surface area contributed by atoms with Crippen molar-refractivity contribution < 1.29 is 14.6 Å². The number of methoxy groups -OCH3 is 1. The number of hydrogen-bond acceptors (Lipinski definition) is 7. The molecule has 8 heteroatoms. The third kappa shape index (κ3) is 2.60. The summed E-state index contributed by atoms with van der Waals surface area (Å²) in [4.78, 5) is 18.7. The molecular weight excluding hydrogens is 376 g/mol. The number of fused-ring (bicyclic) bond motifs is 1. The molecule has 1 aliphatic heterocycles. The van der Waals surface area contributed by atoms with Gasteiger partial charge >= 0.3 is 0 Å². The number of Topliss-reactive ketones (excluding diaryl/α,β-unsaturated/α-hetero) is 1. The van der Waals surface area contributed by atoms with E-state index in [1.165, 1.54) is 18.3 Å². The first kappa shape index (κ1) is 17.0. The van der Waals surface area contributed by atoms with Gasteiger partial charge in [0.25, 0.3) is 0 Å². The van der Waals surface area contributed by atoms with E-state index in [-0.39, 0.29) is 17.5 Å². The number of benzene rings is 1. The lowest BCUT2D eigenvalue weighted by Gasteiger charge is -2.34. The number of anilines is 1. The highest BCUT2D eigenvalue weighted by Crippen LogP contribution is 2.45. The predicted octanol–water partition coefficient (Wildman–Crippen LogP) is 3.47. The minimum Gasteiger partial charge on any atom is -0.504 e. The van der Waals surface area contributed by atoms with Gasteiger partial charge < -0.3 is 15.2 Å². The Morgan fingerprint density at radius 2 is 2.21 bits per heavy atom. The zero-order valence-corrected chi connectivity index (χ0v) is 15.9. The maximum Gasteiger partial charge on any atom is 0.226 e. The molecule has 28 heavy (non-hydrogen) atoms. The summed E-state index contributed by atoms with van der Waals surface area (Å²) in [6, 6.07) is 8.85. The molecule has 7 nitrogen and oxygen atoms in total. The van der Waals surface area contributed by atoms with E-state index in [0.717, 1.165) is 17.7 Å². The Morgan fingerprint density at radius 1 is 1.32 bits per heavy atom. The molecule has 2 atom stereocenters. The van der Waals surface area contributed by atoms with Crippen LogP contribution >= 0.6 is 11.3 Å². The van der Waals surface area contributed by atoms with E-state index in [1.807, 2.05) is 17.5 Å². The van der Waals surface area contributed by atoms with E-state index in [0.29, 0.717) is 23.7 Å². The molecule has 0 bridgehead atoms. The lowest BCUT2D eigenvalue weighted by molar-refractivity contribution is -0.116. The van der Waals surface area contributed by atoms with Gasteiger partial charge in [-0.05, 0) is 35.6 Å². The monoisotopic (exact) mass is 394 g/mol. The van der Waals surface area contributed by atoms with Crippen molar-refractivity contribution in [3.63, 3.8) is 0 Å². The van der Waals surface area contributed by atoms with E-state index in [2.05, 4.69) is 21.5 Å². The first-order valence-electron chi connectivity index (χ1n) is 8.98. The molecule has 2 N–H and O–H groups in total. The second kappa shape index (κ2) is 6.49. The average Bonchev–Trinajstić information content (AvgIpc) is 3.38. The molecule has 0 saturated carbocycles. The van der Waals surface area contributed by atoms with Crippen molar-refractivity contribution in [2.75, 3.05) is 12.4 Å². The normalized spacial score (nSPS) is 21.1. The van der Waals surface area contributed by atoms with E-state index in [9.17, 15) is 9.90 Å². The Balaban J connectivity index is 1.62. The smallest absolute Gasteiger partial charge is 0.226 e. The van der Waals surface area contributed by atoms with Gasteiger partial charge in [0.2, 0.25) is 5.95 Å². The van der Waals surface area contributed by atoms with Crippen LogP contribution in [0.1, 0.15) is 35.2 Å². The van der Waals surface area contributed by atoms with E-state index in [4.69, 9.17) is 4.74 Å². The number of phenolic OH excluding ortho intramolecular Hbond substituents is 1.